The van der Waals surface area contributed by atoms with Gasteiger partial charge >= 0.3 is 6.18 Å². The molecule has 1 heterocycles. The van der Waals surface area contributed by atoms with Crippen LogP contribution in [0.2, 0.25) is 5.02 Å². The third kappa shape index (κ3) is 3.81. The minimum atomic E-state index is -4.63. The maximum atomic E-state index is 13.0. The number of ketones is 1. The monoisotopic (exact) mass is 421 g/mol. The minimum Gasteiger partial charge on any atom is -0.396 e. The zero-order chi connectivity index (χ0) is 20.5. The summed E-state index contributed by atoms with van der Waals surface area (Å²) in [6, 6.07) is 13.5. The summed E-state index contributed by atoms with van der Waals surface area (Å²) >= 11 is 6.52. The Morgan fingerprint density at radius 3 is 2.46 bits per heavy atom. The van der Waals surface area contributed by atoms with Crippen molar-refractivity contribution in [3.05, 3.63) is 75.1 Å². The molecule has 0 aliphatic rings. The number of thiophene rings is 1. The van der Waals surface area contributed by atoms with Crippen molar-refractivity contribution in [1.82, 2.24) is 0 Å². The van der Waals surface area contributed by atoms with Gasteiger partial charge < -0.3 is 11.1 Å². The van der Waals surface area contributed by atoms with Crippen LogP contribution in [0.15, 0.2) is 48.5 Å². The molecule has 3 N–H and O–H groups in total. The number of nitriles is 1. The largest absolute Gasteiger partial charge is 0.417 e. The second kappa shape index (κ2) is 7.54. The number of halogens is 4. The quantitative estimate of drug-likeness (QED) is 0.518. The van der Waals surface area contributed by atoms with Crippen LogP contribution in [0, 0.1) is 11.3 Å². The highest BCUT2D eigenvalue weighted by Crippen LogP contribution is 2.40. The second-order valence-corrected chi connectivity index (χ2v) is 7.10. The van der Waals surface area contributed by atoms with Crippen LogP contribution in [0.5, 0.6) is 0 Å². The molecular formula is C19H11ClF3N3OS. The molecule has 9 heteroatoms. The molecule has 142 valence electrons. The predicted molar refractivity (Wildman–Crippen MR) is 103 cm³/mol. The van der Waals surface area contributed by atoms with Crippen molar-refractivity contribution in [3.63, 3.8) is 0 Å². The highest BCUT2D eigenvalue weighted by molar-refractivity contribution is 7.19. The predicted octanol–water partition coefficient (Wildman–Crippen LogP) is 5.85. The molecule has 2 aromatic carbocycles. The van der Waals surface area contributed by atoms with Gasteiger partial charge in [-0.05, 0) is 18.2 Å². The topological polar surface area (TPSA) is 78.9 Å². The highest BCUT2D eigenvalue weighted by atomic mass is 35.5. The lowest BCUT2D eigenvalue weighted by Gasteiger charge is -2.11. The summed E-state index contributed by atoms with van der Waals surface area (Å²) < 4.78 is 39.1. The maximum absolute atomic E-state index is 13.0. The van der Waals surface area contributed by atoms with E-state index in [9.17, 15) is 23.2 Å². The van der Waals surface area contributed by atoms with Crippen LogP contribution < -0.4 is 11.1 Å². The molecule has 3 aromatic rings. The number of nitrogens with two attached hydrogens (primary N) is 1. The van der Waals surface area contributed by atoms with Crippen molar-refractivity contribution in [2.24, 2.45) is 0 Å². The molecular weight excluding hydrogens is 411 g/mol. The fourth-order valence-corrected chi connectivity index (χ4v) is 3.76. The lowest BCUT2D eigenvalue weighted by atomic mass is 10.1. The molecule has 0 saturated carbocycles. The smallest absolute Gasteiger partial charge is 0.396 e. The Bertz CT molecular complexity index is 1090. The van der Waals surface area contributed by atoms with Crippen molar-refractivity contribution in [2.75, 3.05) is 11.1 Å². The number of nitrogens with one attached hydrogen (secondary N) is 1. The van der Waals surface area contributed by atoms with E-state index in [0.29, 0.717) is 5.56 Å². The van der Waals surface area contributed by atoms with Crippen LogP contribution in [0.4, 0.5) is 29.5 Å². The summed E-state index contributed by atoms with van der Waals surface area (Å²) in [6.45, 7) is 0. The SMILES string of the molecule is N#Cc1c(Nc2ccc(Cl)c(C(F)(F)F)c2)sc(C(=O)c2ccccc2)c1N. The number of hydrogen-bond donors (Lipinski definition) is 2. The van der Waals surface area contributed by atoms with E-state index in [4.69, 9.17) is 17.3 Å². The molecule has 0 unspecified atom stereocenters. The Labute approximate surface area is 167 Å². The first kappa shape index (κ1) is 19.7. The summed E-state index contributed by atoms with van der Waals surface area (Å²) in [5.41, 5.74) is 5.37. The van der Waals surface area contributed by atoms with Gasteiger partial charge in [0, 0.05) is 11.3 Å². The normalized spacial score (nSPS) is 11.1. The lowest BCUT2D eigenvalue weighted by molar-refractivity contribution is -0.137. The van der Waals surface area contributed by atoms with Crippen molar-refractivity contribution < 1.29 is 18.0 Å². The molecule has 0 radical (unpaired) electrons. The number of rotatable bonds is 4. The van der Waals surface area contributed by atoms with E-state index in [0.717, 1.165) is 23.5 Å². The van der Waals surface area contributed by atoms with Gasteiger partial charge in [-0.2, -0.15) is 18.4 Å². The van der Waals surface area contributed by atoms with Gasteiger partial charge in [0.2, 0.25) is 5.78 Å². The maximum Gasteiger partial charge on any atom is 0.417 e. The van der Waals surface area contributed by atoms with Crippen LogP contribution in [0.1, 0.15) is 26.4 Å². The van der Waals surface area contributed by atoms with Crippen LogP contribution in [-0.2, 0) is 6.18 Å². The van der Waals surface area contributed by atoms with Crippen molar-refractivity contribution in [2.45, 2.75) is 6.18 Å². The highest BCUT2D eigenvalue weighted by Gasteiger charge is 2.33. The molecule has 0 atom stereocenters. The number of nitrogens with zero attached hydrogens (tertiary/aromatic N) is 1. The summed E-state index contributed by atoms with van der Waals surface area (Å²) in [4.78, 5) is 12.8. The van der Waals surface area contributed by atoms with Crippen molar-refractivity contribution >= 4 is 45.1 Å². The molecule has 4 nitrogen and oxygen atoms in total. The van der Waals surface area contributed by atoms with E-state index in [1.165, 1.54) is 6.07 Å². The Balaban J connectivity index is 2.00. The Kier molecular flexibility index (Phi) is 5.31. The average Bonchev–Trinajstić information content (AvgIpc) is 2.97. The minimum absolute atomic E-state index is 0.00668. The van der Waals surface area contributed by atoms with E-state index >= 15 is 0 Å². The third-order valence-electron chi connectivity index (χ3n) is 3.83. The van der Waals surface area contributed by atoms with Gasteiger partial charge in [-0.3, -0.25) is 4.79 Å². The summed E-state index contributed by atoms with van der Waals surface area (Å²) in [6.07, 6.45) is -4.63. The molecule has 0 fully saturated rings. The van der Waals surface area contributed by atoms with E-state index in [1.54, 1.807) is 30.3 Å². The van der Waals surface area contributed by atoms with Crippen LogP contribution in [0.3, 0.4) is 0 Å². The van der Waals surface area contributed by atoms with Crippen LogP contribution in [-0.4, -0.2) is 5.78 Å². The summed E-state index contributed by atoms with van der Waals surface area (Å²) in [5.74, 6) is -0.375. The Morgan fingerprint density at radius 2 is 1.86 bits per heavy atom. The molecule has 0 amide bonds. The molecule has 0 spiro atoms. The first-order valence-corrected chi connectivity index (χ1v) is 8.97. The van der Waals surface area contributed by atoms with Crippen LogP contribution >= 0.6 is 22.9 Å². The first-order chi connectivity index (χ1) is 13.2. The van der Waals surface area contributed by atoms with Gasteiger partial charge in [-0.1, -0.05) is 41.9 Å². The molecule has 1 aromatic heterocycles. The zero-order valence-corrected chi connectivity index (χ0v) is 15.5. The number of alkyl halides is 3. The fourth-order valence-electron chi connectivity index (χ4n) is 2.48. The molecule has 0 saturated heterocycles. The standard InChI is InChI=1S/C19H11ClF3N3OS/c20-14-7-6-11(8-13(14)19(21,22)23)26-18-12(9-24)15(25)17(28-18)16(27)10-4-2-1-3-5-10/h1-8,26H,25H2. The summed E-state index contributed by atoms with van der Waals surface area (Å²) in [7, 11) is 0. The number of hydrogen-bond acceptors (Lipinski definition) is 5. The van der Waals surface area contributed by atoms with E-state index < -0.39 is 16.8 Å². The van der Waals surface area contributed by atoms with Gasteiger partial charge in [0.05, 0.1) is 16.3 Å². The van der Waals surface area contributed by atoms with Crippen LogP contribution in [0.25, 0.3) is 0 Å². The Morgan fingerprint density at radius 1 is 1.18 bits per heavy atom. The average molecular weight is 422 g/mol. The lowest BCUT2D eigenvalue weighted by Crippen LogP contribution is -2.06. The van der Waals surface area contributed by atoms with Gasteiger partial charge in [-0.15, -0.1) is 11.3 Å². The van der Waals surface area contributed by atoms with Gasteiger partial charge in [0.25, 0.3) is 0 Å². The number of carbonyl (C=O) groups is 1. The number of benzene rings is 2. The van der Waals surface area contributed by atoms with Gasteiger partial charge in [-0.25, -0.2) is 0 Å². The van der Waals surface area contributed by atoms with Gasteiger partial charge in [0.1, 0.15) is 21.5 Å². The number of anilines is 3. The van der Waals surface area contributed by atoms with Gasteiger partial charge in [0.15, 0.2) is 0 Å². The summed E-state index contributed by atoms with van der Waals surface area (Å²) in [5, 5.41) is 11.9. The first-order valence-electron chi connectivity index (χ1n) is 7.78. The molecule has 28 heavy (non-hydrogen) atoms. The van der Waals surface area contributed by atoms with Crippen molar-refractivity contribution in [3.8, 4) is 6.07 Å². The molecule has 0 aliphatic carbocycles. The molecule has 3 rings (SSSR count). The zero-order valence-electron chi connectivity index (χ0n) is 14.0. The third-order valence-corrected chi connectivity index (χ3v) is 5.28. The van der Waals surface area contributed by atoms with E-state index in [1.807, 2.05) is 6.07 Å². The molecule has 0 bridgehead atoms. The Hall–Kier alpha value is -3.02. The van der Waals surface area contributed by atoms with Crippen molar-refractivity contribution in [1.29, 1.82) is 5.26 Å². The fraction of sp³-hybridized carbons (Fsp3) is 0.0526. The van der Waals surface area contributed by atoms with E-state index in [2.05, 4.69) is 5.32 Å². The number of nitrogen functional groups attached to an aromatic ring is 1. The number of carbonyl (C=O) groups excluding carboxylic acids is 1. The molecule has 0 aliphatic heterocycles. The second-order valence-electron chi connectivity index (χ2n) is 5.67. The van der Waals surface area contributed by atoms with E-state index in [-0.39, 0.29) is 32.6 Å².